The van der Waals surface area contributed by atoms with E-state index in [0.717, 1.165) is 0 Å². The minimum Gasteiger partial charge on any atom is -0.249 e. The summed E-state index contributed by atoms with van der Waals surface area (Å²) in [5.74, 6) is -0.0378. The van der Waals surface area contributed by atoms with Crippen molar-refractivity contribution < 1.29 is 8.78 Å². The quantitative estimate of drug-likeness (QED) is 0.765. The highest BCUT2D eigenvalue weighted by Gasteiger charge is 2.19. The minimum atomic E-state index is -2.85. The lowest BCUT2D eigenvalue weighted by molar-refractivity contribution is 0.145. The first kappa shape index (κ1) is 12.4. The predicted octanol–water partition coefficient (Wildman–Crippen LogP) is 2.70. The fourth-order valence-electron chi connectivity index (χ4n) is 1.26. The summed E-state index contributed by atoms with van der Waals surface area (Å²) in [6.45, 7) is 0. The highest BCUT2D eigenvalue weighted by atomic mass is 35.5. The zero-order valence-corrected chi connectivity index (χ0v) is 8.80. The van der Waals surface area contributed by atoms with Crippen LogP contribution in [0.4, 0.5) is 8.78 Å². The van der Waals surface area contributed by atoms with E-state index >= 15 is 0 Å². The van der Waals surface area contributed by atoms with Crippen molar-refractivity contribution in [2.45, 2.75) is 18.7 Å². The molecule has 1 rings (SSSR count). The maximum Gasteiger partial charge on any atom is 0.281 e. The van der Waals surface area contributed by atoms with Gasteiger partial charge in [-0.25, -0.2) is 13.8 Å². The summed E-state index contributed by atoms with van der Waals surface area (Å²) >= 11 is 5.50. The molecule has 6 heteroatoms. The van der Waals surface area contributed by atoms with E-state index in [1.54, 1.807) is 6.07 Å². The molecule has 0 amide bonds. The Morgan fingerprint density at radius 2 is 2.12 bits per heavy atom. The summed E-state index contributed by atoms with van der Waals surface area (Å²) in [7, 11) is 0. The second-order valence-electron chi connectivity index (χ2n) is 2.91. The first-order chi connectivity index (χ1) is 7.63. The van der Waals surface area contributed by atoms with Gasteiger partial charge >= 0.3 is 0 Å². The second kappa shape index (κ2) is 5.39. The number of nitriles is 2. The fourth-order valence-corrected chi connectivity index (χ4v) is 1.40. The highest BCUT2D eigenvalue weighted by molar-refractivity contribution is 6.16. The number of rotatable bonds is 3. The molecular weight excluding hydrogens is 236 g/mol. The van der Waals surface area contributed by atoms with Gasteiger partial charge < -0.3 is 0 Å². The van der Waals surface area contributed by atoms with Crippen molar-refractivity contribution in [3.05, 3.63) is 28.6 Å². The summed E-state index contributed by atoms with van der Waals surface area (Å²) in [4.78, 5) is 3.59. The molecule has 0 fully saturated rings. The molecule has 0 aliphatic carbocycles. The number of nitrogens with zero attached hydrogens (tertiary/aromatic N) is 3. The molecule has 0 spiro atoms. The molecule has 0 aromatic carbocycles. The maximum absolute atomic E-state index is 12.6. The van der Waals surface area contributed by atoms with Gasteiger partial charge in [0.15, 0.2) is 0 Å². The van der Waals surface area contributed by atoms with Crippen LogP contribution in [0.1, 0.15) is 28.9 Å². The Kier molecular flexibility index (Phi) is 4.16. The Morgan fingerprint density at radius 1 is 1.44 bits per heavy atom. The molecule has 16 heavy (non-hydrogen) atoms. The number of hydrogen-bond acceptors (Lipinski definition) is 3. The lowest BCUT2D eigenvalue weighted by Gasteiger charge is -2.08. The van der Waals surface area contributed by atoms with Crippen LogP contribution in [0.3, 0.4) is 0 Å². The van der Waals surface area contributed by atoms with Gasteiger partial charge in [-0.2, -0.15) is 10.5 Å². The Bertz CT molecular complexity index is 474. The fraction of sp³-hybridized carbons (Fsp3) is 0.300. The van der Waals surface area contributed by atoms with Crippen molar-refractivity contribution >= 4 is 11.6 Å². The first-order valence-electron chi connectivity index (χ1n) is 4.27. The second-order valence-corrected chi connectivity index (χ2v) is 3.18. The van der Waals surface area contributed by atoms with Gasteiger partial charge in [0.25, 0.3) is 6.43 Å². The van der Waals surface area contributed by atoms with E-state index in [0.29, 0.717) is 0 Å². The molecular formula is C10H6ClF2N3. The third-order valence-electron chi connectivity index (χ3n) is 1.91. The molecule has 0 unspecified atom stereocenters. The topological polar surface area (TPSA) is 60.5 Å². The van der Waals surface area contributed by atoms with Crippen LogP contribution in [-0.4, -0.2) is 4.98 Å². The molecule has 1 aromatic heterocycles. The Labute approximate surface area is 95.9 Å². The van der Waals surface area contributed by atoms with Crippen molar-refractivity contribution in [2.24, 2.45) is 0 Å². The SMILES string of the molecule is N#CCc1cc(CCl)nc(C(F)F)c1C#N. The molecule has 1 aromatic rings. The van der Waals surface area contributed by atoms with Crippen LogP contribution in [0.2, 0.25) is 0 Å². The lowest BCUT2D eigenvalue weighted by Crippen LogP contribution is -2.03. The van der Waals surface area contributed by atoms with Crippen LogP contribution in [0.5, 0.6) is 0 Å². The van der Waals surface area contributed by atoms with E-state index in [4.69, 9.17) is 22.1 Å². The van der Waals surface area contributed by atoms with E-state index in [1.165, 1.54) is 6.07 Å². The highest BCUT2D eigenvalue weighted by Crippen LogP contribution is 2.24. The molecule has 0 atom stereocenters. The van der Waals surface area contributed by atoms with Crippen molar-refractivity contribution in [1.29, 1.82) is 10.5 Å². The summed E-state index contributed by atoms with van der Waals surface area (Å²) in [6, 6.07) is 4.86. The van der Waals surface area contributed by atoms with Gasteiger partial charge in [0.1, 0.15) is 11.8 Å². The van der Waals surface area contributed by atoms with Crippen LogP contribution in [0.25, 0.3) is 0 Å². The summed E-state index contributed by atoms with van der Waals surface area (Å²) in [5.41, 5.74) is -0.358. The number of alkyl halides is 3. The standard InChI is InChI=1S/C10H6ClF2N3/c11-4-7-3-6(1-2-14)8(5-15)9(16-7)10(12)13/h3,10H,1,4H2. The first-order valence-corrected chi connectivity index (χ1v) is 4.81. The molecule has 0 saturated carbocycles. The van der Waals surface area contributed by atoms with Crippen molar-refractivity contribution in [1.82, 2.24) is 4.98 Å². The monoisotopic (exact) mass is 241 g/mol. The van der Waals surface area contributed by atoms with Crippen LogP contribution < -0.4 is 0 Å². The summed E-state index contributed by atoms with van der Waals surface area (Å²) < 4.78 is 25.2. The van der Waals surface area contributed by atoms with E-state index in [1.807, 2.05) is 6.07 Å². The van der Waals surface area contributed by atoms with Crippen molar-refractivity contribution in [2.75, 3.05) is 0 Å². The molecule has 3 nitrogen and oxygen atoms in total. The molecule has 0 bridgehead atoms. The van der Waals surface area contributed by atoms with Crippen LogP contribution in [-0.2, 0) is 12.3 Å². The smallest absolute Gasteiger partial charge is 0.249 e. The Balaban J connectivity index is 3.43. The van der Waals surface area contributed by atoms with Gasteiger partial charge in [0.05, 0.1) is 29.6 Å². The van der Waals surface area contributed by atoms with Gasteiger partial charge in [-0.15, -0.1) is 11.6 Å². The third-order valence-corrected chi connectivity index (χ3v) is 2.18. The average Bonchev–Trinajstić information content (AvgIpc) is 2.28. The van der Waals surface area contributed by atoms with Crippen molar-refractivity contribution in [3.63, 3.8) is 0 Å². The normalized spacial score (nSPS) is 9.88. The molecule has 0 aliphatic rings. The van der Waals surface area contributed by atoms with Crippen LogP contribution in [0.15, 0.2) is 6.07 Å². The van der Waals surface area contributed by atoms with Gasteiger partial charge in [-0.1, -0.05) is 0 Å². The minimum absolute atomic E-state index is 0.0378. The van der Waals surface area contributed by atoms with Crippen molar-refractivity contribution in [3.8, 4) is 12.1 Å². The summed E-state index contributed by atoms with van der Waals surface area (Å²) in [5, 5.41) is 17.3. The zero-order valence-electron chi connectivity index (χ0n) is 8.04. The Morgan fingerprint density at radius 3 is 2.56 bits per heavy atom. The molecule has 1 heterocycles. The Hall–Kier alpha value is -1.72. The number of halogens is 3. The average molecular weight is 242 g/mol. The molecule has 0 N–H and O–H groups in total. The zero-order chi connectivity index (χ0) is 12.1. The van der Waals surface area contributed by atoms with E-state index in [9.17, 15) is 8.78 Å². The predicted molar refractivity (Wildman–Crippen MR) is 52.8 cm³/mol. The van der Waals surface area contributed by atoms with E-state index in [-0.39, 0.29) is 29.1 Å². The van der Waals surface area contributed by atoms with E-state index in [2.05, 4.69) is 4.98 Å². The largest absolute Gasteiger partial charge is 0.281 e. The van der Waals surface area contributed by atoms with Crippen LogP contribution in [0, 0.1) is 22.7 Å². The summed E-state index contributed by atoms with van der Waals surface area (Å²) in [6.07, 6.45) is -2.97. The van der Waals surface area contributed by atoms with E-state index < -0.39 is 12.1 Å². The van der Waals surface area contributed by atoms with Gasteiger partial charge in [0.2, 0.25) is 0 Å². The number of hydrogen-bond donors (Lipinski definition) is 0. The molecule has 0 radical (unpaired) electrons. The molecule has 82 valence electrons. The molecule has 0 saturated heterocycles. The van der Waals surface area contributed by atoms with Gasteiger partial charge in [-0.05, 0) is 11.6 Å². The maximum atomic E-state index is 12.6. The molecule has 0 aliphatic heterocycles. The number of aromatic nitrogens is 1. The lowest BCUT2D eigenvalue weighted by atomic mass is 10.0. The van der Waals surface area contributed by atoms with Gasteiger partial charge in [0, 0.05) is 0 Å². The number of pyridine rings is 1. The third kappa shape index (κ3) is 2.44. The van der Waals surface area contributed by atoms with Gasteiger partial charge in [-0.3, -0.25) is 0 Å². The van der Waals surface area contributed by atoms with Crippen LogP contribution >= 0.6 is 11.6 Å².